The Bertz CT molecular complexity index is 977. The summed E-state index contributed by atoms with van der Waals surface area (Å²) < 4.78 is 2.88. The van der Waals surface area contributed by atoms with E-state index in [0.717, 1.165) is 17.7 Å². The summed E-state index contributed by atoms with van der Waals surface area (Å²) in [6.45, 7) is 4.90. The first-order chi connectivity index (χ1) is 11.7. The first kappa shape index (κ1) is 16.4. The van der Waals surface area contributed by atoms with Crippen molar-refractivity contribution < 1.29 is 0 Å². The van der Waals surface area contributed by atoms with Crippen molar-refractivity contribution in [2.45, 2.75) is 39.8 Å². The van der Waals surface area contributed by atoms with Crippen LogP contribution in [0.2, 0.25) is 0 Å². The zero-order valence-electron chi connectivity index (χ0n) is 13.8. The molecule has 6 nitrogen and oxygen atoms in total. The van der Waals surface area contributed by atoms with Gasteiger partial charge in [0.05, 0.1) is 0 Å². The maximum atomic E-state index is 12.6. The van der Waals surface area contributed by atoms with Crippen molar-refractivity contribution in [2.75, 3.05) is 0 Å². The average molecular weight is 344 g/mol. The molecular formula is C17H20N4O2S. The van der Waals surface area contributed by atoms with Crippen LogP contribution in [0.15, 0.2) is 27.1 Å². The fourth-order valence-electron chi connectivity index (χ4n) is 2.66. The summed E-state index contributed by atoms with van der Waals surface area (Å²) in [6, 6.07) is 3.98. The SMILES string of the molecule is CCCn1c(=O)c2[nH]c(/C=C/c3cccs3)nc2n(CCC)c1=O. The molecule has 0 fully saturated rings. The van der Waals surface area contributed by atoms with Crippen molar-refractivity contribution in [2.24, 2.45) is 0 Å². The predicted octanol–water partition coefficient (Wildman–Crippen LogP) is 2.94. The van der Waals surface area contributed by atoms with E-state index in [9.17, 15) is 9.59 Å². The molecular weight excluding hydrogens is 324 g/mol. The molecule has 0 atom stereocenters. The monoisotopic (exact) mass is 344 g/mol. The van der Waals surface area contributed by atoms with Gasteiger partial charge in [0.1, 0.15) is 11.3 Å². The third kappa shape index (κ3) is 2.99. The van der Waals surface area contributed by atoms with Crippen LogP contribution < -0.4 is 11.2 Å². The number of imidazole rings is 1. The van der Waals surface area contributed by atoms with Crippen molar-refractivity contribution in [3.8, 4) is 0 Å². The van der Waals surface area contributed by atoms with E-state index < -0.39 is 0 Å². The van der Waals surface area contributed by atoms with Gasteiger partial charge in [0.25, 0.3) is 5.56 Å². The summed E-state index contributed by atoms with van der Waals surface area (Å²) in [5.41, 5.74) is 0.247. The molecule has 7 heteroatoms. The summed E-state index contributed by atoms with van der Waals surface area (Å²) in [7, 11) is 0. The molecule has 0 aromatic carbocycles. The van der Waals surface area contributed by atoms with Gasteiger partial charge in [0.2, 0.25) is 0 Å². The van der Waals surface area contributed by atoms with Crippen LogP contribution in [-0.4, -0.2) is 19.1 Å². The van der Waals surface area contributed by atoms with Crippen molar-refractivity contribution in [3.63, 3.8) is 0 Å². The fraction of sp³-hybridized carbons (Fsp3) is 0.353. The quantitative estimate of drug-likeness (QED) is 0.747. The predicted molar refractivity (Wildman–Crippen MR) is 98.4 cm³/mol. The Hall–Kier alpha value is -2.41. The Morgan fingerprint density at radius 2 is 1.92 bits per heavy atom. The lowest BCUT2D eigenvalue weighted by molar-refractivity contribution is 0.555. The number of nitrogens with one attached hydrogen (secondary N) is 1. The van der Waals surface area contributed by atoms with Gasteiger partial charge in [-0.2, -0.15) is 0 Å². The fourth-order valence-corrected chi connectivity index (χ4v) is 3.27. The van der Waals surface area contributed by atoms with E-state index in [2.05, 4.69) is 9.97 Å². The van der Waals surface area contributed by atoms with E-state index in [1.165, 1.54) is 4.57 Å². The number of aromatic nitrogens is 4. The number of hydrogen-bond acceptors (Lipinski definition) is 4. The summed E-state index contributed by atoms with van der Waals surface area (Å²) in [6.07, 6.45) is 5.30. The van der Waals surface area contributed by atoms with Gasteiger partial charge in [-0.05, 0) is 36.4 Å². The Morgan fingerprint density at radius 3 is 2.58 bits per heavy atom. The van der Waals surface area contributed by atoms with Crippen molar-refractivity contribution in [1.82, 2.24) is 19.1 Å². The molecule has 3 aromatic heterocycles. The van der Waals surface area contributed by atoms with Gasteiger partial charge in [-0.25, -0.2) is 9.78 Å². The molecule has 24 heavy (non-hydrogen) atoms. The molecule has 0 saturated heterocycles. The second-order valence-electron chi connectivity index (χ2n) is 5.56. The van der Waals surface area contributed by atoms with Gasteiger partial charge < -0.3 is 4.98 Å². The van der Waals surface area contributed by atoms with Gasteiger partial charge in [0.15, 0.2) is 5.65 Å². The van der Waals surface area contributed by atoms with Crippen LogP contribution in [0, 0.1) is 0 Å². The number of hydrogen-bond donors (Lipinski definition) is 1. The first-order valence-electron chi connectivity index (χ1n) is 8.10. The van der Waals surface area contributed by atoms with E-state index in [4.69, 9.17) is 0 Å². The van der Waals surface area contributed by atoms with E-state index in [1.54, 1.807) is 15.9 Å². The average Bonchev–Trinajstić information content (AvgIpc) is 3.23. The number of fused-ring (bicyclic) bond motifs is 1. The highest BCUT2D eigenvalue weighted by Crippen LogP contribution is 2.13. The molecule has 3 aromatic rings. The summed E-state index contributed by atoms with van der Waals surface area (Å²) in [5, 5.41) is 2.00. The van der Waals surface area contributed by atoms with Gasteiger partial charge in [-0.15, -0.1) is 11.3 Å². The molecule has 126 valence electrons. The van der Waals surface area contributed by atoms with E-state index >= 15 is 0 Å². The zero-order chi connectivity index (χ0) is 17.1. The Morgan fingerprint density at radius 1 is 1.17 bits per heavy atom. The molecule has 0 aliphatic carbocycles. The summed E-state index contributed by atoms with van der Waals surface area (Å²) in [4.78, 5) is 33.8. The maximum Gasteiger partial charge on any atom is 0.332 e. The van der Waals surface area contributed by atoms with Crippen molar-refractivity contribution >= 4 is 34.7 Å². The Kier molecular flexibility index (Phi) is 4.80. The number of rotatable bonds is 6. The molecule has 1 N–H and O–H groups in total. The van der Waals surface area contributed by atoms with Crippen LogP contribution >= 0.6 is 11.3 Å². The van der Waals surface area contributed by atoms with E-state index in [1.807, 2.05) is 43.5 Å². The highest BCUT2D eigenvalue weighted by Gasteiger charge is 2.15. The van der Waals surface area contributed by atoms with Crippen LogP contribution in [0.25, 0.3) is 23.3 Å². The number of aromatic amines is 1. The highest BCUT2D eigenvalue weighted by molar-refractivity contribution is 7.10. The molecule has 3 rings (SSSR count). The van der Waals surface area contributed by atoms with Gasteiger partial charge in [-0.1, -0.05) is 19.9 Å². The number of aryl methyl sites for hydroxylation is 1. The number of H-pyrrole nitrogens is 1. The van der Waals surface area contributed by atoms with Crippen molar-refractivity contribution in [1.29, 1.82) is 0 Å². The van der Waals surface area contributed by atoms with Gasteiger partial charge in [0, 0.05) is 18.0 Å². The molecule has 3 heterocycles. The molecule has 0 saturated carbocycles. The number of nitrogens with zero attached hydrogens (tertiary/aromatic N) is 3. The minimum atomic E-state index is -0.299. The third-order valence-electron chi connectivity index (χ3n) is 3.72. The molecule has 0 spiro atoms. The molecule has 0 aliphatic rings. The second kappa shape index (κ2) is 7.00. The van der Waals surface area contributed by atoms with Gasteiger partial charge >= 0.3 is 5.69 Å². The molecule has 0 amide bonds. The summed E-state index contributed by atoms with van der Waals surface area (Å²) in [5.74, 6) is 0.578. The largest absolute Gasteiger partial charge is 0.333 e. The molecule has 0 bridgehead atoms. The lowest BCUT2D eigenvalue weighted by Gasteiger charge is -2.09. The maximum absolute atomic E-state index is 12.6. The van der Waals surface area contributed by atoms with Crippen LogP contribution in [0.1, 0.15) is 37.4 Å². The minimum Gasteiger partial charge on any atom is -0.333 e. The second-order valence-corrected chi connectivity index (χ2v) is 6.54. The normalized spacial score (nSPS) is 11.8. The topological polar surface area (TPSA) is 72.7 Å². The van der Waals surface area contributed by atoms with Gasteiger partial charge in [-0.3, -0.25) is 13.9 Å². The molecule has 0 aliphatic heterocycles. The minimum absolute atomic E-state index is 0.281. The highest BCUT2D eigenvalue weighted by atomic mass is 32.1. The van der Waals surface area contributed by atoms with Crippen molar-refractivity contribution in [3.05, 3.63) is 49.1 Å². The van der Waals surface area contributed by atoms with Crippen LogP contribution in [0.4, 0.5) is 0 Å². The van der Waals surface area contributed by atoms with Crippen LogP contribution in [0.5, 0.6) is 0 Å². The zero-order valence-corrected chi connectivity index (χ0v) is 14.6. The molecule has 0 unspecified atom stereocenters. The third-order valence-corrected chi connectivity index (χ3v) is 4.56. The van der Waals surface area contributed by atoms with Crippen LogP contribution in [0.3, 0.4) is 0 Å². The smallest absolute Gasteiger partial charge is 0.332 e. The first-order valence-corrected chi connectivity index (χ1v) is 8.98. The Labute approximate surface area is 143 Å². The number of thiophene rings is 1. The summed E-state index contributed by atoms with van der Waals surface area (Å²) >= 11 is 1.63. The lowest BCUT2D eigenvalue weighted by Crippen LogP contribution is -2.40. The standard InChI is InChI=1S/C17H20N4O2S/c1-3-9-20-15-14(16(22)21(10-4-2)17(20)23)18-13(19-15)8-7-12-6-5-11-24-12/h5-8,11H,3-4,9-10H2,1-2H3,(H,18,19)/b8-7+. The van der Waals surface area contributed by atoms with E-state index in [0.29, 0.717) is 30.1 Å². The molecule has 0 radical (unpaired) electrons. The van der Waals surface area contributed by atoms with Crippen LogP contribution in [-0.2, 0) is 13.1 Å². The Balaban J connectivity index is 2.16. The van der Waals surface area contributed by atoms with E-state index in [-0.39, 0.29) is 11.2 Å². The lowest BCUT2D eigenvalue weighted by atomic mass is 10.4.